The van der Waals surface area contributed by atoms with Crippen molar-refractivity contribution in [3.05, 3.63) is 194 Å². The van der Waals surface area contributed by atoms with Gasteiger partial charge in [0.1, 0.15) is 5.82 Å². The molecule has 9 aromatic carbocycles. The van der Waals surface area contributed by atoms with E-state index in [0.717, 1.165) is 68.2 Å². The van der Waals surface area contributed by atoms with E-state index >= 15 is 0 Å². The molecule has 0 amide bonds. The Labute approximate surface area is 330 Å². The van der Waals surface area contributed by atoms with Gasteiger partial charge < -0.3 is 0 Å². The number of hydrogen-bond acceptors (Lipinski definition) is 3. The second-order valence-corrected chi connectivity index (χ2v) is 14.8. The van der Waals surface area contributed by atoms with Gasteiger partial charge in [-0.1, -0.05) is 140 Å². The molecule has 11 rings (SSSR count). The number of rotatable bonds is 6. The second kappa shape index (κ2) is 13.4. The van der Waals surface area contributed by atoms with Crippen molar-refractivity contribution in [2.45, 2.75) is 13.3 Å². The van der Waals surface area contributed by atoms with Crippen LogP contribution in [0.3, 0.4) is 0 Å². The molecule has 2 heterocycles. The van der Waals surface area contributed by atoms with Crippen molar-refractivity contribution in [3.8, 4) is 50.7 Å². The lowest BCUT2D eigenvalue weighted by Crippen LogP contribution is -2.02. The van der Waals surface area contributed by atoms with Crippen molar-refractivity contribution in [3.63, 3.8) is 0 Å². The van der Waals surface area contributed by atoms with Crippen LogP contribution in [0.15, 0.2) is 188 Å². The fourth-order valence-electron chi connectivity index (χ4n) is 8.49. The lowest BCUT2D eigenvalue weighted by atomic mass is 9.92. The van der Waals surface area contributed by atoms with Gasteiger partial charge >= 0.3 is 0 Å². The molecular formula is C53H36N4. The van der Waals surface area contributed by atoms with E-state index in [4.69, 9.17) is 15.0 Å². The summed E-state index contributed by atoms with van der Waals surface area (Å²) in [4.78, 5) is 15.9. The van der Waals surface area contributed by atoms with E-state index < -0.39 is 0 Å². The molecule has 0 aliphatic heterocycles. The summed E-state index contributed by atoms with van der Waals surface area (Å²) < 4.78 is 2.31. The largest absolute Gasteiger partial charge is 0.296 e. The summed E-state index contributed by atoms with van der Waals surface area (Å²) >= 11 is 0. The van der Waals surface area contributed by atoms with E-state index in [9.17, 15) is 0 Å². The molecule has 0 radical (unpaired) electrons. The van der Waals surface area contributed by atoms with Crippen molar-refractivity contribution in [1.82, 2.24) is 19.5 Å². The smallest absolute Gasteiger partial charge is 0.160 e. The minimum Gasteiger partial charge on any atom is -0.296 e. The highest BCUT2D eigenvalue weighted by molar-refractivity contribution is 6.14. The summed E-state index contributed by atoms with van der Waals surface area (Å²) in [5.41, 5.74) is 10.1. The van der Waals surface area contributed by atoms with Crippen LogP contribution in [0, 0.1) is 0 Å². The third-order valence-corrected chi connectivity index (χ3v) is 11.3. The highest BCUT2D eigenvalue weighted by Gasteiger charge is 2.18. The summed E-state index contributed by atoms with van der Waals surface area (Å²) in [7, 11) is 0. The molecule has 4 heteroatoms. The minimum atomic E-state index is 0.666. The summed E-state index contributed by atoms with van der Waals surface area (Å²) in [6.07, 6.45) is 0.785. The Morgan fingerprint density at radius 1 is 0.404 bits per heavy atom. The topological polar surface area (TPSA) is 43.6 Å². The molecule has 268 valence electrons. The molecule has 0 fully saturated rings. The second-order valence-electron chi connectivity index (χ2n) is 14.8. The molecule has 0 aliphatic rings. The number of benzene rings is 9. The lowest BCUT2D eigenvalue weighted by molar-refractivity contribution is 0.908. The van der Waals surface area contributed by atoms with Gasteiger partial charge in [0.15, 0.2) is 5.82 Å². The van der Waals surface area contributed by atoms with Crippen LogP contribution in [0.5, 0.6) is 0 Å². The molecule has 0 spiro atoms. The van der Waals surface area contributed by atoms with Gasteiger partial charge in [-0.2, -0.15) is 0 Å². The van der Waals surface area contributed by atoms with Crippen LogP contribution in [-0.2, 0) is 6.42 Å². The SMILES string of the molecule is CCc1nc2ccccc2n1-c1cc(-c2nc(-c3ccc4ccccc4c3)cc(-c3ccc4ccccc4c3)n2)cc(-c2cc3ccccc3c3ccccc23)c1. The molecule has 57 heavy (non-hydrogen) atoms. The Hall–Kier alpha value is -7.43. The van der Waals surface area contributed by atoms with Gasteiger partial charge in [0.25, 0.3) is 0 Å². The maximum Gasteiger partial charge on any atom is 0.160 e. The van der Waals surface area contributed by atoms with Crippen LogP contribution in [0.25, 0.3) is 105 Å². The predicted molar refractivity (Wildman–Crippen MR) is 238 cm³/mol. The van der Waals surface area contributed by atoms with Crippen LogP contribution in [0.2, 0.25) is 0 Å². The van der Waals surface area contributed by atoms with Gasteiger partial charge in [-0.3, -0.25) is 4.57 Å². The Morgan fingerprint density at radius 3 is 1.65 bits per heavy atom. The van der Waals surface area contributed by atoms with E-state index in [1.165, 1.54) is 43.1 Å². The van der Waals surface area contributed by atoms with E-state index in [1.807, 2.05) is 0 Å². The lowest BCUT2D eigenvalue weighted by Gasteiger charge is -2.17. The molecule has 0 atom stereocenters. The molecule has 0 unspecified atom stereocenters. The van der Waals surface area contributed by atoms with Gasteiger partial charge in [0.2, 0.25) is 0 Å². The Bertz CT molecular complexity index is 3260. The van der Waals surface area contributed by atoms with E-state index in [0.29, 0.717) is 5.82 Å². The standard InChI is InChI=1S/C53H36N4/c1-2-52-54-48-21-11-12-22-51(48)57(52)43-30-41(47-32-38-17-7-8-18-44(38)45-19-9-10-20-46(45)47)29-42(31-43)53-55-49(39-25-23-34-13-3-5-15-36(34)27-39)33-50(56-53)40-26-24-35-14-4-6-16-37(35)28-40/h3-33H,2H2,1H3. The Balaban J connectivity index is 1.20. The monoisotopic (exact) mass is 728 g/mol. The first-order valence-electron chi connectivity index (χ1n) is 19.6. The van der Waals surface area contributed by atoms with Gasteiger partial charge in [-0.05, 0) is 109 Å². The summed E-state index contributed by atoms with van der Waals surface area (Å²) in [6.45, 7) is 2.17. The zero-order chi connectivity index (χ0) is 37.9. The average Bonchev–Trinajstić information content (AvgIpc) is 3.67. The molecule has 4 nitrogen and oxygen atoms in total. The molecule has 2 aromatic heterocycles. The van der Waals surface area contributed by atoms with Crippen molar-refractivity contribution < 1.29 is 0 Å². The fraction of sp³-hybridized carbons (Fsp3) is 0.0377. The Morgan fingerprint density at radius 2 is 0.965 bits per heavy atom. The number of hydrogen-bond donors (Lipinski definition) is 0. The zero-order valence-corrected chi connectivity index (χ0v) is 31.4. The highest BCUT2D eigenvalue weighted by atomic mass is 15.1. The quantitative estimate of drug-likeness (QED) is 0.160. The van der Waals surface area contributed by atoms with Crippen LogP contribution < -0.4 is 0 Å². The minimum absolute atomic E-state index is 0.666. The number of para-hydroxylation sites is 2. The fourth-order valence-corrected chi connectivity index (χ4v) is 8.49. The maximum absolute atomic E-state index is 5.41. The van der Waals surface area contributed by atoms with Gasteiger partial charge in [0.05, 0.1) is 22.4 Å². The van der Waals surface area contributed by atoms with Crippen molar-refractivity contribution >= 4 is 54.1 Å². The van der Waals surface area contributed by atoms with Crippen molar-refractivity contribution in [1.29, 1.82) is 0 Å². The maximum atomic E-state index is 5.41. The van der Waals surface area contributed by atoms with Gasteiger partial charge in [-0.25, -0.2) is 15.0 Å². The van der Waals surface area contributed by atoms with Crippen molar-refractivity contribution in [2.24, 2.45) is 0 Å². The molecular weight excluding hydrogens is 693 g/mol. The molecule has 11 aromatic rings. The van der Waals surface area contributed by atoms with E-state index in [2.05, 4.69) is 200 Å². The highest BCUT2D eigenvalue weighted by Crippen LogP contribution is 2.39. The third kappa shape index (κ3) is 5.73. The first kappa shape index (κ1) is 33.0. The van der Waals surface area contributed by atoms with Crippen LogP contribution in [0.4, 0.5) is 0 Å². The number of imidazole rings is 1. The number of aromatic nitrogens is 4. The average molecular weight is 729 g/mol. The van der Waals surface area contributed by atoms with Gasteiger partial charge in [0, 0.05) is 28.8 Å². The summed E-state index contributed by atoms with van der Waals surface area (Å²) in [5, 5.41) is 9.63. The molecule has 0 N–H and O–H groups in total. The Kier molecular flexibility index (Phi) is 7.75. The van der Waals surface area contributed by atoms with E-state index in [1.54, 1.807) is 0 Å². The van der Waals surface area contributed by atoms with Crippen LogP contribution in [-0.4, -0.2) is 19.5 Å². The third-order valence-electron chi connectivity index (χ3n) is 11.3. The van der Waals surface area contributed by atoms with Crippen LogP contribution in [0.1, 0.15) is 12.7 Å². The summed E-state index contributed by atoms with van der Waals surface area (Å²) in [5.74, 6) is 1.67. The van der Waals surface area contributed by atoms with Crippen LogP contribution >= 0.6 is 0 Å². The molecule has 0 saturated carbocycles. The number of aryl methyl sites for hydroxylation is 1. The first-order chi connectivity index (χ1) is 28.2. The first-order valence-corrected chi connectivity index (χ1v) is 19.6. The number of nitrogens with zero attached hydrogens (tertiary/aromatic N) is 4. The number of fused-ring (bicyclic) bond motifs is 6. The molecule has 0 saturated heterocycles. The van der Waals surface area contributed by atoms with Crippen molar-refractivity contribution in [2.75, 3.05) is 0 Å². The molecule has 0 bridgehead atoms. The molecule has 0 aliphatic carbocycles. The zero-order valence-electron chi connectivity index (χ0n) is 31.4. The van der Waals surface area contributed by atoms with Gasteiger partial charge in [-0.15, -0.1) is 0 Å². The predicted octanol–water partition coefficient (Wildman–Crippen LogP) is 13.7. The van der Waals surface area contributed by atoms with E-state index in [-0.39, 0.29) is 0 Å². The normalized spacial score (nSPS) is 11.7. The summed E-state index contributed by atoms with van der Waals surface area (Å²) in [6, 6.07) is 67.3.